The molecule has 6 nitrogen and oxygen atoms in total. The summed E-state index contributed by atoms with van der Waals surface area (Å²) in [6.07, 6.45) is 2.21. The van der Waals surface area contributed by atoms with Crippen LogP contribution in [0.5, 0.6) is 0 Å². The summed E-state index contributed by atoms with van der Waals surface area (Å²) in [7, 11) is 0. The highest BCUT2D eigenvalue weighted by Crippen LogP contribution is 2.28. The average Bonchev–Trinajstić information content (AvgIpc) is 3.29. The quantitative estimate of drug-likeness (QED) is 0.823. The van der Waals surface area contributed by atoms with Crippen LogP contribution in [0.1, 0.15) is 25.3 Å². The van der Waals surface area contributed by atoms with Crippen LogP contribution < -0.4 is 11.1 Å². The lowest BCUT2D eigenvalue weighted by molar-refractivity contribution is -0.130. The van der Waals surface area contributed by atoms with Crippen molar-refractivity contribution in [2.45, 2.75) is 32.4 Å². The number of hydrogen-bond donors (Lipinski definition) is 2. The first-order valence-electron chi connectivity index (χ1n) is 7.44. The minimum absolute atomic E-state index is 0.123. The molecular weight excluding hydrogens is 314 g/mol. The third-order valence-electron chi connectivity index (χ3n) is 3.68. The smallest absolute Gasteiger partial charge is 0.223 e. The van der Waals surface area contributed by atoms with Crippen molar-refractivity contribution in [2.24, 2.45) is 0 Å². The second-order valence-corrected chi connectivity index (χ2v) is 6.02. The molecule has 2 aromatic rings. The van der Waals surface area contributed by atoms with Gasteiger partial charge in [0.05, 0.1) is 0 Å². The number of nitrogen functional groups attached to an aromatic ring is 1. The van der Waals surface area contributed by atoms with Gasteiger partial charge in [0.25, 0.3) is 0 Å². The average molecular weight is 332 g/mol. The summed E-state index contributed by atoms with van der Waals surface area (Å²) in [6.45, 7) is 2.27. The molecule has 23 heavy (non-hydrogen) atoms. The number of carbonyl (C=O) groups excluding carboxylic acids is 1. The van der Waals surface area contributed by atoms with Crippen molar-refractivity contribution in [3.63, 3.8) is 0 Å². The van der Waals surface area contributed by atoms with E-state index in [0.717, 1.165) is 24.1 Å². The van der Waals surface area contributed by atoms with E-state index in [2.05, 4.69) is 15.3 Å². The van der Waals surface area contributed by atoms with Gasteiger partial charge in [-0.1, -0.05) is 23.7 Å². The molecule has 120 valence electrons. The molecule has 1 heterocycles. The molecule has 3 rings (SSSR count). The van der Waals surface area contributed by atoms with Crippen molar-refractivity contribution in [2.75, 3.05) is 11.1 Å². The van der Waals surface area contributed by atoms with Gasteiger partial charge in [0.1, 0.15) is 11.0 Å². The number of anilines is 3. The highest BCUT2D eigenvalue weighted by atomic mass is 35.5. The summed E-state index contributed by atoms with van der Waals surface area (Å²) >= 11 is 5.86. The Bertz CT molecular complexity index is 695. The van der Waals surface area contributed by atoms with Crippen LogP contribution in [0.25, 0.3) is 0 Å². The number of rotatable bonds is 5. The molecule has 0 aliphatic heterocycles. The molecule has 1 aliphatic rings. The molecule has 1 saturated carbocycles. The fourth-order valence-corrected chi connectivity index (χ4v) is 2.61. The standard InChI is InChI=1S/C16H18ClN5O/c1-10(23)22(13-6-7-13)9-11-2-4-12(5-3-11)19-15-8-14(17)20-16(18)21-15/h2-5,8,13H,6-7,9H2,1H3,(H3,18,19,20,21). The lowest BCUT2D eigenvalue weighted by atomic mass is 10.2. The Hall–Kier alpha value is -2.34. The maximum absolute atomic E-state index is 11.7. The maximum Gasteiger partial charge on any atom is 0.223 e. The molecule has 0 bridgehead atoms. The van der Waals surface area contributed by atoms with Crippen LogP contribution >= 0.6 is 11.6 Å². The zero-order chi connectivity index (χ0) is 16.4. The van der Waals surface area contributed by atoms with Gasteiger partial charge in [0.15, 0.2) is 0 Å². The van der Waals surface area contributed by atoms with E-state index in [1.807, 2.05) is 29.2 Å². The van der Waals surface area contributed by atoms with Gasteiger partial charge in [0.2, 0.25) is 11.9 Å². The summed E-state index contributed by atoms with van der Waals surface area (Å²) in [4.78, 5) is 21.5. The van der Waals surface area contributed by atoms with Gasteiger partial charge in [-0.2, -0.15) is 4.98 Å². The van der Waals surface area contributed by atoms with E-state index in [-0.39, 0.29) is 17.0 Å². The Morgan fingerprint density at radius 3 is 2.61 bits per heavy atom. The summed E-state index contributed by atoms with van der Waals surface area (Å²) < 4.78 is 0. The third-order valence-corrected chi connectivity index (χ3v) is 3.88. The van der Waals surface area contributed by atoms with E-state index in [9.17, 15) is 4.79 Å². The maximum atomic E-state index is 11.7. The highest BCUT2D eigenvalue weighted by Gasteiger charge is 2.30. The molecule has 1 aliphatic carbocycles. The van der Waals surface area contributed by atoms with Crippen LogP contribution in [-0.4, -0.2) is 26.8 Å². The lowest BCUT2D eigenvalue weighted by Gasteiger charge is -2.20. The second kappa shape index (κ2) is 6.42. The SMILES string of the molecule is CC(=O)N(Cc1ccc(Nc2cc(Cl)nc(N)n2)cc1)C1CC1. The van der Waals surface area contributed by atoms with E-state index in [1.165, 1.54) is 0 Å². The first kappa shape index (κ1) is 15.6. The zero-order valence-corrected chi connectivity index (χ0v) is 13.5. The van der Waals surface area contributed by atoms with Crippen molar-refractivity contribution in [1.82, 2.24) is 14.9 Å². The number of carbonyl (C=O) groups is 1. The monoisotopic (exact) mass is 331 g/mol. The van der Waals surface area contributed by atoms with E-state index >= 15 is 0 Å². The van der Waals surface area contributed by atoms with Crippen molar-refractivity contribution in [1.29, 1.82) is 0 Å². The number of hydrogen-bond acceptors (Lipinski definition) is 5. The molecule has 1 amide bonds. The molecule has 0 atom stereocenters. The summed E-state index contributed by atoms with van der Waals surface area (Å²) in [5.41, 5.74) is 7.53. The van der Waals surface area contributed by atoms with Gasteiger partial charge in [-0.05, 0) is 30.5 Å². The van der Waals surface area contributed by atoms with Crippen LogP contribution in [0.3, 0.4) is 0 Å². The Morgan fingerprint density at radius 1 is 1.35 bits per heavy atom. The number of nitrogens with two attached hydrogens (primary N) is 1. The van der Waals surface area contributed by atoms with Gasteiger partial charge < -0.3 is 16.0 Å². The first-order valence-corrected chi connectivity index (χ1v) is 7.82. The highest BCUT2D eigenvalue weighted by molar-refractivity contribution is 6.29. The van der Waals surface area contributed by atoms with Crippen LogP contribution in [0, 0.1) is 0 Å². The van der Waals surface area contributed by atoms with Crippen molar-refractivity contribution >= 4 is 35.0 Å². The molecule has 7 heteroatoms. The number of amides is 1. The second-order valence-electron chi connectivity index (χ2n) is 5.63. The third kappa shape index (κ3) is 4.10. The van der Waals surface area contributed by atoms with Crippen LogP contribution in [0.4, 0.5) is 17.5 Å². The fraction of sp³-hybridized carbons (Fsp3) is 0.312. The van der Waals surface area contributed by atoms with Crippen LogP contribution in [0.15, 0.2) is 30.3 Å². The van der Waals surface area contributed by atoms with Gasteiger partial charge in [-0.3, -0.25) is 4.79 Å². The van der Waals surface area contributed by atoms with Crippen molar-refractivity contribution in [3.8, 4) is 0 Å². The van der Waals surface area contributed by atoms with Crippen LogP contribution in [0.2, 0.25) is 5.15 Å². The van der Waals surface area contributed by atoms with Crippen molar-refractivity contribution < 1.29 is 4.79 Å². The first-order chi connectivity index (χ1) is 11.0. The minimum atomic E-state index is 0.123. The van der Waals surface area contributed by atoms with Gasteiger partial charge in [-0.25, -0.2) is 4.98 Å². The van der Waals surface area contributed by atoms with Crippen molar-refractivity contribution in [3.05, 3.63) is 41.0 Å². The van der Waals surface area contributed by atoms with Gasteiger partial charge in [0, 0.05) is 31.3 Å². The number of nitrogens with zero attached hydrogens (tertiary/aromatic N) is 3. The van der Waals surface area contributed by atoms with Gasteiger partial charge in [-0.15, -0.1) is 0 Å². The molecule has 1 aromatic carbocycles. The Kier molecular flexibility index (Phi) is 4.34. The summed E-state index contributed by atoms with van der Waals surface area (Å²) in [5.74, 6) is 0.789. The zero-order valence-electron chi connectivity index (χ0n) is 12.8. The number of nitrogens with one attached hydrogen (secondary N) is 1. The fourth-order valence-electron chi connectivity index (χ4n) is 2.42. The minimum Gasteiger partial charge on any atom is -0.368 e. The molecular formula is C16H18ClN5O. The predicted octanol–water partition coefficient (Wildman–Crippen LogP) is 2.97. The van der Waals surface area contributed by atoms with E-state index in [1.54, 1.807) is 13.0 Å². The largest absolute Gasteiger partial charge is 0.368 e. The molecule has 0 radical (unpaired) electrons. The normalized spacial score (nSPS) is 13.7. The molecule has 1 aromatic heterocycles. The number of aromatic nitrogens is 2. The number of halogens is 1. The molecule has 0 saturated heterocycles. The van der Waals surface area contributed by atoms with Crippen LogP contribution in [-0.2, 0) is 11.3 Å². The molecule has 3 N–H and O–H groups in total. The van der Waals surface area contributed by atoms with E-state index in [0.29, 0.717) is 18.4 Å². The molecule has 0 spiro atoms. The Morgan fingerprint density at radius 2 is 2.04 bits per heavy atom. The molecule has 1 fully saturated rings. The lowest BCUT2D eigenvalue weighted by Crippen LogP contribution is -2.30. The van der Waals surface area contributed by atoms with E-state index < -0.39 is 0 Å². The predicted molar refractivity (Wildman–Crippen MR) is 90.4 cm³/mol. The Labute approximate surface area is 139 Å². The Balaban J connectivity index is 1.68. The van der Waals surface area contributed by atoms with E-state index in [4.69, 9.17) is 17.3 Å². The number of benzene rings is 1. The van der Waals surface area contributed by atoms with Gasteiger partial charge >= 0.3 is 0 Å². The molecule has 0 unspecified atom stereocenters. The summed E-state index contributed by atoms with van der Waals surface area (Å²) in [5, 5.41) is 3.42. The summed E-state index contributed by atoms with van der Waals surface area (Å²) in [6, 6.07) is 9.88. The topological polar surface area (TPSA) is 84.1 Å².